The normalized spacial score (nSPS) is 15.5. The average molecular weight is 267 g/mol. The van der Waals surface area contributed by atoms with E-state index in [0.29, 0.717) is 5.82 Å². The number of nitrogens with zero attached hydrogens (tertiary/aromatic N) is 3. The van der Waals surface area contributed by atoms with Crippen molar-refractivity contribution in [3.8, 4) is 0 Å². The maximum Gasteiger partial charge on any atom is 0.242 e. The van der Waals surface area contributed by atoms with Crippen LogP contribution in [0, 0.1) is 0 Å². The van der Waals surface area contributed by atoms with Gasteiger partial charge < -0.3 is 15.5 Å². The Bertz CT molecular complexity index is 408. The van der Waals surface area contributed by atoms with Crippen LogP contribution >= 0.6 is 11.8 Å². The summed E-state index contributed by atoms with van der Waals surface area (Å²) < 4.78 is 0. The lowest BCUT2D eigenvalue weighted by atomic mass is 10.3. The van der Waals surface area contributed by atoms with Gasteiger partial charge in [0.25, 0.3) is 0 Å². The van der Waals surface area contributed by atoms with E-state index in [2.05, 4.69) is 20.6 Å². The largest absolute Gasteiger partial charge is 0.361 e. The van der Waals surface area contributed by atoms with Gasteiger partial charge in [0.05, 0.1) is 6.54 Å². The fourth-order valence-corrected chi connectivity index (χ4v) is 2.12. The molecule has 1 saturated heterocycles. The highest BCUT2D eigenvalue weighted by Crippen LogP contribution is 2.13. The van der Waals surface area contributed by atoms with Crippen LogP contribution in [0.1, 0.15) is 0 Å². The molecule has 18 heavy (non-hydrogen) atoms. The number of carbonyl (C=O) groups excluding carboxylic acids is 1. The van der Waals surface area contributed by atoms with Gasteiger partial charge in [0.2, 0.25) is 5.91 Å². The summed E-state index contributed by atoms with van der Waals surface area (Å²) in [6.45, 7) is 3.58. The van der Waals surface area contributed by atoms with Crippen molar-refractivity contribution in [3.05, 3.63) is 12.4 Å². The molecule has 0 spiro atoms. The van der Waals surface area contributed by atoms with Crippen molar-refractivity contribution in [2.45, 2.75) is 5.03 Å². The number of amides is 1. The van der Waals surface area contributed by atoms with Crippen molar-refractivity contribution in [3.63, 3.8) is 0 Å². The Hall–Kier alpha value is -1.34. The summed E-state index contributed by atoms with van der Waals surface area (Å²) >= 11 is 1.55. The lowest BCUT2D eigenvalue weighted by Crippen LogP contribution is -2.48. The first-order valence-corrected chi connectivity index (χ1v) is 7.10. The number of rotatable bonds is 4. The van der Waals surface area contributed by atoms with Crippen LogP contribution < -0.4 is 10.6 Å². The minimum atomic E-state index is 0.112. The Labute approximate surface area is 111 Å². The monoisotopic (exact) mass is 267 g/mol. The van der Waals surface area contributed by atoms with E-state index in [1.54, 1.807) is 11.8 Å². The molecule has 7 heteroatoms. The van der Waals surface area contributed by atoms with Crippen molar-refractivity contribution in [1.29, 1.82) is 0 Å². The van der Waals surface area contributed by atoms with Crippen LogP contribution in [0.4, 0.5) is 5.82 Å². The van der Waals surface area contributed by atoms with Gasteiger partial charge in [0.15, 0.2) is 0 Å². The van der Waals surface area contributed by atoms with Gasteiger partial charge in [-0.25, -0.2) is 9.97 Å². The van der Waals surface area contributed by atoms with Crippen LogP contribution in [0.15, 0.2) is 17.4 Å². The van der Waals surface area contributed by atoms with Crippen LogP contribution in [-0.4, -0.2) is 59.8 Å². The molecule has 6 nitrogen and oxygen atoms in total. The fraction of sp³-hybridized carbons (Fsp3) is 0.545. The first-order chi connectivity index (χ1) is 8.79. The number of hydrogen-bond acceptors (Lipinski definition) is 6. The number of aromatic nitrogens is 2. The van der Waals surface area contributed by atoms with Gasteiger partial charge in [0.1, 0.15) is 17.2 Å². The zero-order valence-corrected chi connectivity index (χ0v) is 11.2. The molecule has 1 aliphatic heterocycles. The maximum atomic E-state index is 11.9. The zero-order valence-electron chi connectivity index (χ0n) is 10.3. The maximum absolute atomic E-state index is 11.9. The van der Waals surface area contributed by atoms with Crippen molar-refractivity contribution in [1.82, 2.24) is 20.2 Å². The van der Waals surface area contributed by atoms with E-state index in [9.17, 15) is 4.79 Å². The van der Waals surface area contributed by atoms with Crippen LogP contribution in [0.3, 0.4) is 0 Å². The zero-order chi connectivity index (χ0) is 12.8. The van der Waals surface area contributed by atoms with Gasteiger partial charge in [-0.3, -0.25) is 4.79 Å². The van der Waals surface area contributed by atoms with Crippen LogP contribution in [0.5, 0.6) is 0 Å². The molecule has 0 unspecified atom stereocenters. The minimum Gasteiger partial charge on any atom is -0.361 e. The molecule has 0 radical (unpaired) electrons. The van der Waals surface area contributed by atoms with E-state index in [4.69, 9.17) is 0 Å². The summed E-state index contributed by atoms with van der Waals surface area (Å²) in [5.41, 5.74) is 0. The second-order valence-electron chi connectivity index (χ2n) is 3.93. The molecule has 0 aliphatic carbocycles. The third-order valence-electron chi connectivity index (χ3n) is 2.74. The van der Waals surface area contributed by atoms with Crippen molar-refractivity contribution >= 4 is 23.5 Å². The summed E-state index contributed by atoms with van der Waals surface area (Å²) in [6.07, 6.45) is 3.46. The molecule has 2 rings (SSSR count). The molecular formula is C11H17N5OS. The molecule has 0 atom stereocenters. The highest BCUT2D eigenvalue weighted by molar-refractivity contribution is 7.98. The van der Waals surface area contributed by atoms with E-state index in [-0.39, 0.29) is 12.5 Å². The Kier molecular flexibility index (Phi) is 4.77. The van der Waals surface area contributed by atoms with Crippen LogP contribution in [0.2, 0.25) is 0 Å². The number of piperazine rings is 1. The van der Waals surface area contributed by atoms with Gasteiger partial charge >= 0.3 is 0 Å². The minimum absolute atomic E-state index is 0.112. The number of carbonyl (C=O) groups is 1. The molecule has 0 aromatic carbocycles. The van der Waals surface area contributed by atoms with Gasteiger partial charge in [-0.15, -0.1) is 11.8 Å². The van der Waals surface area contributed by atoms with Crippen molar-refractivity contribution in [2.75, 3.05) is 44.3 Å². The molecule has 1 amide bonds. The first-order valence-electron chi connectivity index (χ1n) is 5.88. The third-order valence-corrected chi connectivity index (χ3v) is 3.38. The second kappa shape index (κ2) is 6.55. The third kappa shape index (κ3) is 3.58. The Morgan fingerprint density at radius 1 is 1.50 bits per heavy atom. The van der Waals surface area contributed by atoms with Crippen molar-refractivity contribution < 1.29 is 4.79 Å². The SMILES string of the molecule is CSc1cc(NCC(=O)N2CCNCC2)ncn1. The summed E-state index contributed by atoms with van der Waals surface area (Å²) in [6, 6.07) is 1.84. The molecule has 1 aromatic heterocycles. The van der Waals surface area contributed by atoms with E-state index in [1.807, 2.05) is 17.2 Å². The lowest BCUT2D eigenvalue weighted by molar-refractivity contribution is -0.129. The molecule has 1 aliphatic rings. The molecule has 1 aromatic rings. The molecule has 98 valence electrons. The van der Waals surface area contributed by atoms with E-state index < -0.39 is 0 Å². The number of anilines is 1. The molecule has 2 heterocycles. The highest BCUT2D eigenvalue weighted by atomic mass is 32.2. The first kappa shape index (κ1) is 13.1. The lowest BCUT2D eigenvalue weighted by Gasteiger charge is -2.27. The number of thioether (sulfide) groups is 1. The van der Waals surface area contributed by atoms with Crippen LogP contribution in [0.25, 0.3) is 0 Å². The molecule has 2 N–H and O–H groups in total. The Morgan fingerprint density at radius 2 is 2.28 bits per heavy atom. The van der Waals surface area contributed by atoms with Gasteiger partial charge in [-0.1, -0.05) is 0 Å². The second-order valence-corrected chi connectivity index (χ2v) is 4.76. The van der Waals surface area contributed by atoms with E-state index in [0.717, 1.165) is 31.2 Å². The molecule has 1 fully saturated rings. The average Bonchev–Trinajstić information content (AvgIpc) is 2.46. The standard InChI is InChI=1S/C11H17N5OS/c1-18-10-6-9(14-8-15-10)13-7-11(17)16-4-2-12-3-5-16/h6,8,12H,2-5,7H2,1H3,(H,13,14,15). The van der Waals surface area contributed by atoms with Crippen LogP contribution in [-0.2, 0) is 4.79 Å². The molecule has 0 saturated carbocycles. The number of hydrogen-bond donors (Lipinski definition) is 2. The predicted molar refractivity (Wildman–Crippen MR) is 71.8 cm³/mol. The van der Waals surface area contributed by atoms with E-state index >= 15 is 0 Å². The Balaban J connectivity index is 1.84. The predicted octanol–water partition coefficient (Wildman–Crippen LogP) is 0.0422. The smallest absolute Gasteiger partial charge is 0.242 e. The van der Waals surface area contributed by atoms with Gasteiger partial charge in [-0.2, -0.15) is 0 Å². The summed E-state index contributed by atoms with van der Waals surface area (Å²) in [5, 5.41) is 7.15. The molecule has 0 bridgehead atoms. The summed E-state index contributed by atoms with van der Waals surface area (Å²) in [7, 11) is 0. The summed E-state index contributed by atoms with van der Waals surface area (Å²) in [5.74, 6) is 0.804. The Morgan fingerprint density at radius 3 is 3.00 bits per heavy atom. The topological polar surface area (TPSA) is 70.2 Å². The van der Waals surface area contributed by atoms with Gasteiger partial charge in [-0.05, 0) is 6.26 Å². The van der Waals surface area contributed by atoms with Crippen molar-refractivity contribution in [2.24, 2.45) is 0 Å². The summed E-state index contributed by atoms with van der Waals surface area (Å²) in [4.78, 5) is 21.9. The fourth-order valence-electron chi connectivity index (χ4n) is 1.74. The molecular weight excluding hydrogens is 250 g/mol. The van der Waals surface area contributed by atoms with Gasteiger partial charge in [0, 0.05) is 32.2 Å². The number of nitrogens with one attached hydrogen (secondary N) is 2. The van der Waals surface area contributed by atoms with E-state index in [1.165, 1.54) is 6.33 Å². The quantitative estimate of drug-likeness (QED) is 0.593. The highest BCUT2D eigenvalue weighted by Gasteiger charge is 2.15.